The lowest BCUT2D eigenvalue weighted by molar-refractivity contribution is -0.120. The van der Waals surface area contributed by atoms with Gasteiger partial charge in [-0.3, -0.25) is 9.59 Å². The van der Waals surface area contributed by atoms with E-state index < -0.39 is 23.4 Å². The predicted octanol–water partition coefficient (Wildman–Crippen LogP) is 5.77. The van der Waals surface area contributed by atoms with Crippen LogP contribution in [0, 0.1) is 25.5 Å². The van der Waals surface area contributed by atoms with Crippen molar-refractivity contribution in [3.8, 4) is 5.75 Å². The molecule has 5 nitrogen and oxygen atoms in total. The van der Waals surface area contributed by atoms with E-state index >= 15 is 0 Å². The fraction of sp³-hybridized carbons (Fsp3) is 0.185. The van der Waals surface area contributed by atoms with E-state index in [-0.39, 0.29) is 17.0 Å². The number of halogens is 2. The number of rotatable bonds is 7. The van der Waals surface area contributed by atoms with Crippen molar-refractivity contribution >= 4 is 28.8 Å². The van der Waals surface area contributed by atoms with Crippen LogP contribution in [0.1, 0.15) is 30.0 Å². The quantitative estimate of drug-likeness (QED) is 0.453. The highest BCUT2D eigenvalue weighted by molar-refractivity contribution is 6.46. The summed E-state index contributed by atoms with van der Waals surface area (Å²) in [6, 6.07) is 15.5. The van der Waals surface area contributed by atoms with Gasteiger partial charge in [0.05, 0.1) is 17.9 Å². The van der Waals surface area contributed by atoms with Crippen LogP contribution in [0.5, 0.6) is 5.75 Å². The molecule has 0 atom stereocenters. The Hall–Kier alpha value is -4.00. The van der Waals surface area contributed by atoms with Gasteiger partial charge in [-0.05, 0) is 61.2 Å². The van der Waals surface area contributed by atoms with E-state index in [1.165, 1.54) is 6.07 Å². The van der Waals surface area contributed by atoms with Crippen LogP contribution in [0.25, 0.3) is 5.57 Å². The number of hydrogen-bond acceptors (Lipinski definition) is 4. The zero-order chi connectivity index (χ0) is 24.4. The maximum Gasteiger partial charge on any atom is 0.282 e. The predicted molar refractivity (Wildman–Crippen MR) is 128 cm³/mol. The van der Waals surface area contributed by atoms with E-state index in [2.05, 4.69) is 5.32 Å². The third-order valence-electron chi connectivity index (χ3n) is 5.64. The lowest BCUT2D eigenvalue weighted by Gasteiger charge is -2.19. The lowest BCUT2D eigenvalue weighted by Crippen LogP contribution is -2.32. The van der Waals surface area contributed by atoms with Crippen molar-refractivity contribution in [2.24, 2.45) is 0 Å². The maximum absolute atomic E-state index is 13.8. The highest BCUT2D eigenvalue weighted by atomic mass is 19.2. The van der Waals surface area contributed by atoms with E-state index in [1.54, 1.807) is 30.3 Å². The molecule has 34 heavy (non-hydrogen) atoms. The van der Waals surface area contributed by atoms with Crippen LogP contribution >= 0.6 is 0 Å². The van der Waals surface area contributed by atoms with Crippen molar-refractivity contribution in [2.75, 3.05) is 16.8 Å². The van der Waals surface area contributed by atoms with E-state index in [9.17, 15) is 18.4 Å². The fourth-order valence-corrected chi connectivity index (χ4v) is 3.72. The number of amides is 2. The van der Waals surface area contributed by atoms with Gasteiger partial charge in [0.2, 0.25) is 0 Å². The molecule has 3 aromatic rings. The molecule has 2 amide bonds. The molecule has 1 aliphatic rings. The van der Waals surface area contributed by atoms with Crippen LogP contribution in [0.4, 0.5) is 20.2 Å². The van der Waals surface area contributed by atoms with Crippen molar-refractivity contribution in [3.63, 3.8) is 0 Å². The number of imide groups is 1. The minimum Gasteiger partial charge on any atom is -0.491 e. The van der Waals surface area contributed by atoms with E-state index in [0.717, 1.165) is 34.6 Å². The van der Waals surface area contributed by atoms with Crippen LogP contribution in [0.15, 0.2) is 66.4 Å². The molecule has 0 aromatic heterocycles. The second kappa shape index (κ2) is 9.47. The molecule has 1 N–H and O–H groups in total. The molecule has 0 fully saturated rings. The van der Waals surface area contributed by atoms with Crippen LogP contribution in [0.3, 0.4) is 0 Å². The van der Waals surface area contributed by atoms with Gasteiger partial charge in [0, 0.05) is 11.8 Å². The Bertz CT molecular complexity index is 1320. The minimum absolute atomic E-state index is 0.0236. The first kappa shape index (κ1) is 23.2. The molecule has 0 aliphatic carbocycles. The summed E-state index contributed by atoms with van der Waals surface area (Å²) in [6.07, 6.45) is 0.755. The Morgan fingerprint density at radius 1 is 0.882 bits per heavy atom. The molecular weight excluding hydrogens is 438 g/mol. The molecule has 1 aliphatic heterocycles. The summed E-state index contributed by atoms with van der Waals surface area (Å²) in [4.78, 5) is 28.3. The molecule has 1 heterocycles. The van der Waals surface area contributed by atoms with Gasteiger partial charge in [0.25, 0.3) is 11.8 Å². The van der Waals surface area contributed by atoms with E-state index in [0.29, 0.717) is 23.6 Å². The van der Waals surface area contributed by atoms with Crippen molar-refractivity contribution < 1.29 is 23.1 Å². The summed E-state index contributed by atoms with van der Waals surface area (Å²) in [7, 11) is 0. The van der Waals surface area contributed by atoms with Crippen molar-refractivity contribution in [1.29, 1.82) is 0 Å². The highest BCUT2D eigenvalue weighted by Crippen LogP contribution is 2.38. The summed E-state index contributed by atoms with van der Waals surface area (Å²) in [5.41, 5.74) is 3.10. The number of ether oxygens (including phenoxy) is 1. The lowest BCUT2D eigenvalue weighted by atomic mass is 9.99. The maximum atomic E-state index is 13.8. The zero-order valence-corrected chi connectivity index (χ0v) is 19.1. The first-order valence-electron chi connectivity index (χ1n) is 11.0. The van der Waals surface area contributed by atoms with Gasteiger partial charge in [-0.2, -0.15) is 0 Å². The summed E-state index contributed by atoms with van der Waals surface area (Å²) in [5.74, 6) is -2.82. The average molecular weight is 462 g/mol. The molecule has 0 saturated carbocycles. The van der Waals surface area contributed by atoms with Crippen molar-refractivity contribution in [3.05, 3.63) is 94.7 Å². The second-order valence-corrected chi connectivity index (χ2v) is 8.06. The third kappa shape index (κ3) is 4.29. The SMILES string of the molecule is CCCOc1ccccc1N1C(=O)C(Nc2ccc(F)c(F)c2)=C(c2ccc(C)c(C)c2)C1=O. The van der Waals surface area contributed by atoms with Gasteiger partial charge < -0.3 is 10.1 Å². The first-order chi connectivity index (χ1) is 16.3. The third-order valence-corrected chi connectivity index (χ3v) is 5.64. The first-order valence-corrected chi connectivity index (χ1v) is 11.0. The molecule has 0 bridgehead atoms. The number of para-hydroxylation sites is 2. The van der Waals surface area contributed by atoms with Crippen molar-refractivity contribution in [1.82, 2.24) is 0 Å². The van der Waals surface area contributed by atoms with Gasteiger partial charge in [0.15, 0.2) is 11.6 Å². The number of hydrogen-bond donors (Lipinski definition) is 1. The summed E-state index contributed by atoms with van der Waals surface area (Å²) in [6.45, 7) is 6.24. The molecule has 0 unspecified atom stereocenters. The summed E-state index contributed by atoms with van der Waals surface area (Å²) in [5, 5.41) is 2.85. The molecule has 3 aromatic carbocycles. The monoisotopic (exact) mass is 462 g/mol. The Labute approximate surface area is 196 Å². The van der Waals surface area contributed by atoms with Gasteiger partial charge in [-0.1, -0.05) is 37.3 Å². The number of nitrogens with zero attached hydrogens (tertiary/aromatic N) is 1. The fourth-order valence-electron chi connectivity index (χ4n) is 3.72. The van der Waals surface area contributed by atoms with Crippen LogP contribution in [0.2, 0.25) is 0 Å². The number of nitrogens with one attached hydrogen (secondary N) is 1. The molecule has 0 spiro atoms. The van der Waals surface area contributed by atoms with Crippen molar-refractivity contribution in [2.45, 2.75) is 27.2 Å². The standard InChI is InChI=1S/C27H24F2N2O3/c1-4-13-34-23-8-6-5-7-22(23)31-26(32)24(18-10-9-16(2)17(3)14-18)25(27(31)33)30-19-11-12-20(28)21(29)15-19/h5-12,14-15,30H,4,13H2,1-3H3. The number of anilines is 2. The molecule has 7 heteroatoms. The van der Waals surface area contributed by atoms with Gasteiger partial charge in [0.1, 0.15) is 11.4 Å². The number of aryl methyl sites for hydroxylation is 2. The molecule has 174 valence electrons. The van der Waals surface area contributed by atoms with E-state index in [4.69, 9.17) is 4.74 Å². The average Bonchev–Trinajstić information content (AvgIpc) is 3.06. The Morgan fingerprint density at radius 2 is 1.65 bits per heavy atom. The Balaban J connectivity index is 1.84. The Kier molecular flexibility index (Phi) is 6.45. The second-order valence-electron chi connectivity index (χ2n) is 8.06. The smallest absolute Gasteiger partial charge is 0.282 e. The summed E-state index contributed by atoms with van der Waals surface area (Å²) < 4.78 is 33.1. The number of carbonyl (C=O) groups excluding carboxylic acids is 2. The number of benzene rings is 3. The molecule has 0 radical (unpaired) electrons. The largest absolute Gasteiger partial charge is 0.491 e. The van der Waals surface area contributed by atoms with Crippen LogP contribution in [-0.4, -0.2) is 18.4 Å². The molecule has 4 rings (SSSR count). The van der Waals surface area contributed by atoms with Crippen LogP contribution in [-0.2, 0) is 9.59 Å². The van der Waals surface area contributed by atoms with E-state index in [1.807, 2.05) is 32.9 Å². The minimum atomic E-state index is -1.06. The molecular formula is C27H24F2N2O3. The van der Waals surface area contributed by atoms with Gasteiger partial charge in [-0.25, -0.2) is 13.7 Å². The molecule has 0 saturated heterocycles. The van der Waals surface area contributed by atoms with Gasteiger partial charge >= 0.3 is 0 Å². The zero-order valence-electron chi connectivity index (χ0n) is 19.1. The topological polar surface area (TPSA) is 58.6 Å². The number of carbonyl (C=O) groups is 2. The summed E-state index contributed by atoms with van der Waals surface area (Å²) >= 11 is 0. The normalized spacial score (nSPS) is 13.6. The van der Waals surface area contributed by atoms with Gasteiger partial charge in [-0.15, -0.1) is 0 Å². The Morgan fingerprint density at radius 3 is 2.35 bits per heavy atom. The highest BCUT2D eigenvalue weighted by Gasteiger charge is 2.41. The van der Waals surface area contributed by atoms with Crippen LogP contribution < -0.4 is 15.0 Å².